The van der Waals surface area contributed by atoms with Crippen molar-refractivity contribution >= 4 is 17.2 Å². The summed E-state index contributed by atoms with van der Waals surface area (Å²) in [6, 6.07) is 9.88. The first-order chi connectivity index (χ1) is 10.1. The van der Waals surface area contributed by atoms with E-state index in [2.05, 4.69) is 10.3 Å². The molecule has 0 saturated heterocycles. The molecule has 21 heavy (non-hydrogen) atoms. The molecular weight excluding hydrogens is 269 g/mol. The van der Waals surface area contributed by atoms with Crippen molar-refractivity contribution in [1.29, 1.82) is 0 Å². The summed E-state index contributed by atoms with van der Waals surface area (Å²) in [4.78, 5) is 16.3. The Morgan fingerprint density at radius 2 is 2.05 bits per heavy atom. The molecule has 1 N–H and O–H groups in total. The summed E-state index contributed by atoms with van der Waals surface area (Å²) in [6.07, 6.45) is 3.67. The second-order valence-electron chi connectivity index (χ2n) is 4.88. The summed E-state index contributed by atoms with van der Waals surface area (Å²) < 4.78 is 15.3. The molecule has 5 heteroatoms. The number of benzene rings is 1. The van der Waals surface area contributed by atoms with Crippen LogP contribution >= 0.6 is 0 Å². The van der Waals surface area contributed by atoms with E-state index in [4.69, 9.17) is 0 Å². The summed E-state index contributed by atoms with van der Waals surface area (Å²) in [5.41, 5.74) is 2.76. The monoisotopic (exact) mass is 283 g/mol. The molecule has 106 valence electrons. The molecule has 0 radical (unpaired) electrons. The number of aryl methyl sites for hydroxylation is 1. The molecule has 0 unspecified atom stereocenters. The van der Waals surface area contributed by atoms with Gasteiger partial charge in [0.15, 0.2) is 0 Å². The van der Waals surface area contributed by atoms with Crippen molar-refractivity contribution in [1.82, 2.24) is 9.38 Å². The Morgan fingerprint density at radius 1 is 1.24 bits per heavy atom. The number of carbonyl (C=O) groups excluding carboxylic acids is 1. The SMILES string of the molecule is Cc1cn2cc(NC(=O)Cc3ccccc3F)ccc2n1. The predicted molar refractivity (Wildman–Crippen MR) is 78.7 cm³/mol. The van der Waals surface area contributed by atoms with E-state index in [-0.39, 0.29) is 18.1 Å². The maximum absolute atomic E-state index is 13.5. The number of hydrogen-bond acceptors (Lipinski definition) is 2. The van der Waals surface area contributed by atoms with E-state index in [9.17, 15) is 9.18 Å². The van der Waals surface area contributed by atoms with Crippen molar-refractivity contribution in [2.24, 2.45) is 0 Å². The number of fused-ring (bicyclic) bond motifs is 1. The number of aromatic nitrogens is 2. The molecule has 0 aliphatic rings. The largest absolute Gasteiger partial charge is 0.324 e. The summed E-state index contributed by atoms with van der Waals surface area (Å²) in [6.45, 7) is 1.91. The standard InChI is InChI=1S/C16H14FN3O/c1-11-9-20-10-13(6-7-15(20)18-11)19-16(21)8-12-4-2-3-5-14(12)17/h2-7,9-10H,8H2,1H3,(H,19,21). The van der Waals surface area contributed by atoms with Gasteiger partial charge in [0.1, 0.15) is 11.5 Å². The molecule has 0 bridgehead atoms. The van der Waals surface area contributed by atoms with Crippen LogP contribution in [0.1, 0.15) is 11.3 Å². The van der Waals surface area contributed by atoms with Gasteiger partial charge in [-0.25, -0.2) is 9.37 Å². The van der Waals surface area contributed by atoms with Crippen LogP contribution in [0.2, 0.25) is 0 Å². The van der Waals surface area contributed by atoms with Gasteiger partial charge in [0, 0.05) is 12.4 Å². The molecule has 0 aliphatic heterocycles. The third-order valence-corrected chi connectivity index (χ3v) is 3.16. The molecule has 0 saturated carbocycles. The fourth-order valence-corrected chi connectivity index (χ4v) is 2.21. The van der Waals surface area contributed by atoms with Crippen LogP contribution in [-0.2, 0) is 11.2 Å². The normalized spacial score (nSPS) is 10.8. The van der Waals surface area contributed by atoms with Gasteiger partial charge in [0.25, 0.3) is 0 Å². The van der Waals surface area contributed by atoms with E-state index in [1.807, 2.05) is 23.6 Å². The highest BCUT2D eigenvalue weighted by Crippen LogP contribution is 2.13. The number of rotatable bonds is 3. The van der Waals surface area contributed by atoms with Crippen molar-refractivity contribution in [3.05, 3.63) is 65.9 Å². The number of carbonyl (C=O) groups is 1. The van der Waals surface area contributed by atoms with Crippen LogP contribution < -0.4 is 5.32 Å². The molecule has 3 rings (SSSR count). The molecule has 1 aromatic carbocycles. The maximum atomic E-state index is 13.5. The Labute approximate surface area is 121 Å². The summed E-state index contributed by atoms with van der Waals surface area (Å²) in [7, 11) is 0. The minimum Gasteiger partial charge on any atom is -0.324 e. The fraction of sp³-hybridized carbons (Fsp3) is 0.125. The highest BCUT2D eigenvalue weighted by molar-refractivity contribution is 5.92. The number of hydrogen-bond donors (Lipinski definition) is 1. The number of nitrogens with zero attached hydrogens (tertiary/aromatic N) is 2. The lowest BCUT2D eigenvalue weighted by atomic mass is 10.1. The Bertz CT molecular complexity index is 810. The van der Waals surface area contributed by atoms with Gasteiger partial charge in [-0.2, -0.15) is 0 Å². The van der Waals surface area contributed by atoms with E-state index in [1.54, 1.807) is 30.5 Å². The Hall–Kier alpha value is -2.69. The molecule has 0 atom stereocenters. The first-order valence-electron chi connectivity index (χ1n) is 6.60. The van der Waals surface area contributed by atoms with Crippen molar-refractivity contribution in [3.8, 4) is 0 Å². The molecule has 0 aliphatic carbocycles. The molecule has 2 aromatic heterocycles. The fourth-order valence-electron chi connectivity index (χ4n) is 2.21. The van der Waals surface area contributed by atoms with Crippen molar-refractivity contribution in [3.63, 3.8) is 0 Å². The summed E-state index contributed by atoms with van der Waals surface area (Å²) in [5.74, 6) is -0.621. The van der Waals surface area contributed by atoms with Crippen LogP contribution in [0.15, 0.2) is 48.8 Å². The van der Waals surface area contributed by atoms with Gasteiger partial charge >= 0.3 is 0 Å². The molecule has 0 spiro atoms. The zero-order valence-corrected chi connectivity index (χ0v) is 11.5. The van der Waals surface area contributed by atoms with Crippen molar-refractivity contribution in [2.75, 3.05) is 5.32 Å². The lowest BCUT2D eigenvalue weighted by Crippen LogP contribution is -2.15. The van der Waals surface area contributed by atoms with E-state index in [0.29, 0.717) is 11.3 Å². The van der Waals surface area contributed by atoms with Gasteiger partial charge in [-0.3, -0.25) is 4.79 Å². The van der Waals surface area contributed by atoms with Crippen LogP contribution in [0, 0.1) is 12.7 Å². The average Bonchev–Trinajstić information content (AvgIpc) is 2.80. The lowest BCUT2D eigenvalue weighted by molar-refractivity contribution is -0.115. The van der Waals surface area contributed by atoms with Crippen LogP contribution in [0.4, 0.5) is 10.1 Å². The van der Waals surface area contributed by atoms with Gasteiger partial charge in [0.2, 0.25) is 5.91 Å². The van der Waals surface area contributed by atoms with Crippen molar-refractivity contribution in [2.45, 2.75) is 13.3 Å². The number of pyridine rings is 1. The number of amides is 1. The average molecular weight is 283 g/mol. The predicted octanol–water partition coefficient (Wildman–Crippen LogP) is 2.96. The van der Waals surface area contributed by atoms with E-state index >= 15 is 0 Å². The van der Waals surface area contributed by atoms with Crippen LogP contribution in [0.25, 0.3) is 5.65 Å². The molecule has 3 aromatic rings. The lowest BCUT2D eigenvalue weighted by Gasteiger charge is -2.06. The summed E-state index contributed by atoms with van der Waals surface area (Å²) >= 11 is 0. The van der Waals surface area contributed by atoms with Gasteiger partial charge < -0.3 is 9.72 Å². The second kappa shape index (κ2) is 5.36. The summed E-state index contributed by atoms with van der Waals surface area (Å²) in [5, 5.41) is 2.76. The van der Waals surface area contributed by atoms with Crippen LogP contribution in [0.5, 0.6) is 0 Å². The van der Waals surface area contributed by atoms with Gasteiger partial charge in [-0.05, 0) is 30.7 Å². The third-order valence-electron chi connectivity index (χ3n) is 3.16. The Balaban J connectivity index is 1.75. The highest BCUT2D eigenvalue weighted by atomic mass is 19.1. The molecule has 0 fully saturated rings. The number of nitrogens with one attached hydrogen (secondary N) is 1. The zero-order chi connectivity index (χ0) is 14.8. The van der Waals surface area contributed by atoms with E-state index in [1.165, 1.54) is 6.07 Å². The highest BCUT2D eigenvalue weighted by Gasteiger charge is 2.08. The molecule has 2 heterocycles. The first kappa shape index (κ1) is 13.3. The molecular formula is C16H14FN3O. The first-order valence-corrected chi connectivity index (χ1v) is 6.60. The third kappa shape index (κ3) is 2.91. The topological polar surface area (TPSA) is 46.4 Å². The van der Waals surface area contributed by atoms with Gasteiger partial charge in [-0.15, -0.1) is 0 Å². The number of anilines is 1. The van der Waals surface area contributed by atoms with Gasteiger partial charge in [0.05, 0.1) is 17.8 Å². The van der Waals surface area contributed by atoms with E-state index < -0.39 is 0 Å². The minimum atomic E-state index is -0.367. The van der Waals surface area contributed by atoms with Crippen molar-refractivity contribution < 1.29 is 9.18 Å². The molecule has 1 amide bonds. The van der Waals surface area contributed by atoms with E-state index in [0.717, 1.165) is 11.3 Å². The zero-order valence-electron chi connectivity index (χ0n) is 11.5. The second-order valence-corrected chi connectivity index (χ2v) is 4.88. The number of imidazole rings is 1. The number of halogens is 1. The Kier molecular flexibility index (Phi) is 3.39. The van der Waals surface area contributed by atoms with Crippen LogP contribution in [0.3, 0.4) is 0 Å². The quantitative estimate of drug-likeness (QED) is 0.803. The smallest absolute Gasteiger partial charge is 0.228 e. The maximum Gasteiger partial charge on any atom is 0.228 e. The molecule has 4 nitrogen and oxygen atoms in total. The Morgan fingerprint density at radius 3 is 2.86 bits per heavy atom. The van der Waals surface area contributed by atoms with Crippen LogP contribution in [-0.4, -0.2) is 15.3 Å². The minimum absolute atomic E-state index is 0.00761. The van der Waals surface area contributed by atoms with Gasteiger partial charge in [-0.1, -0.05) is 18.2 Å².